The molecule has 3 atom stereocenters. The molecule has 0 heterocycles. The molecule has 4 N–H and O–H groups in total. The van der Waals surface area contributed by atoms with E-state index in [4.69, 9.17) is 5.73 Å². The number of rotatable bonds is 0. The third-order valence-corrected chi connectivity index (χ3v) is 3.30. The Morgan fingerprint density at radius 2 is 1.85 bits per heavy atom. The van der Waals surface area contributed by atoms with Gasteiger partial charge < -0.3 is 15.9 Å². The maximum Gasteiger partial charge on any atom is 0.103 e. The lowest BCUT2D eigenvalue weighted by atomic mass is 9.83. The molecule has 0 radical (unpaired) electrons. The van der Waals surface area contributed by atoms with Crippen LogP contribution in [0, 0.1) is 5.41 Å². The fraction of sp³-hybridized carbons (Fsp3) is 1.00. The third kappa shape index (κ3) is 2.22. The van der Waals surface area contributed by atoms with Gasteiger partial charge >= 0.3 is 0 Å². The highest BCUT2D eigenvalue weighted by atomic mass is 16.3. The quantitative estimate of drug-likeness (QED) is 0.487. The summed E-state index contributed by atoms with van der Waals surface area (Å²) in [6.07, 6.45) is 1.64. The Hall–Kier alpha value is -0.120. The number of hydrogen-bond donors (Lipinski definition) is 3. The summed E-state index contributed by atoms with van der Waals surface area (Å²) in [4.78, 5) is 0. The van der Waals surface area contributed by atoms with Gasteiger partial charge in [-0.3, -0.25) is 0 Å². The van der Waals surface area contributed by atoms with Crippen molar-refractivity contribution in [1.82, 2.24) is 0 Å². The fourth-order valence-electron chi connectivity index (χ4n) is 1.92. The largest absolute Gasteiger partial charge is 0.390 e. The summed E-state index contributed by atoms with van der Waals surface area (Å²) in [5, 5.41) is 19.7. The Bertz CT molecular complexity index is 189. The molecule has 1 rings (SSSR count). The first-order valence-corrected chi connectivity index (χ1v) is 4.92. The normalized spacial score (nSPS) is 45.7. The van der Waals surface area contributed by atoms with Crippen molar-refractivity contribution in [3.8, 4) is 0 Å². The smallest absolute Gasteiger partial charge is 0.103 e. The second kappa shape index (κ2) is 3.23. The van der Waals surface area contributed by atoms with Gasteiger partial charge in [-0.15, -0.1) is 0 Å². The van der Waals surface area contributed by atoms with Crippen LogP contribution in [-0.2, 0) is 0 Å². The summed E-state index contributed by atoms with van der Waals surface area (Å²) in [7, 11) is 0. The zero-order chi connectivity index (χ0) is 10.3. The van der Waals surface area contributed by atoms with Crippen LogP contribution in [-0.4, -0.2) is 28.0 Å². The van der Waals surface area contributed by atoms with Gasteiger partial charge in [-0.05, 0) is 31.6 Å². The highest BCUT2D eigenvalue weighted by Gasteiger charge is 2.42. The van der Waals surface area contributed by atoms with Gasteiger partial charge in [0.25, 0.3) is 0 Å². The molecule has 0 aliphatic heterocycles. The molecule has 78 valence electrons. The van der Waals surface area contributed by atoms with Crippen LogP contribution in [0.2, 0.25) is 0 Å². The molecule has 3 heteroatoms. The van der Waals surface area contributed by atoms with Crippen molar-refractivity contribution < 1.29 is 10.2 Å². The molecular weight excluding hydrogens is 166 g/mol. The van der Waals surface area contributed by atoms with E-state index in [1.165, 1.54) is 0 Å². The van der Waals surface area contributed by atoms with E-state index in [0.717, 1.165) is 12.8 Å². The molecule has 0 unspecified atom stereocenters. The van der Waals surface area contributed by atoms with E-state index in [1.54, 1.807) is 6.92 Å². The molecule has 3 nitrogen and oxygen atoms in total. The lowest BCUT2D eigenvalue weighted by molar-refractivity contribution is -0.0821. The van der Waals surface area contributed by atoms with Crippen LogP contribution in [0.25, 0.3) is 0 Å². The van der Waals surface area contributed by atoms with E-state index in [9.17, 15) is 10.2 Å². The highest BCUT2D eigenvalue weighted by Crippen LogP contribution is 2.37. The minimum Gasteiger partial charge on any atom is -0.390 e. The van der Waals surface area contributed by atoms with Gasteiger partial charge in [0.2, 0.25) is 0 Å². The van der Waals surface area contributed by atoms with E-state index in [-0.39, 0.29) is 11.5 Å². The summed E-state index contributed by atoms with van der Waals surface area (Å²) in [5.74, 6) is 0. The van der Waals surface area contributed by atoms with Gasteiger partial charge in [0, 0.05) is 6.04 Å². The summed E-state index contributed by atoms with van der Waals surface area (Å²) in [5.41, 5.74) is 4.76. The Labute approximate surface area is 79.9 Å². The van der Waals surface area contributed by atoms with Crippen LogP contribution in [0.1, 0.15) is 40.0 Å². The molecule has 0 amide bonds. The molecule has 0 aromatic rings. The zero-order valence-corrected chi connectivity index (χ0v) is 8.75. The van der Waals surface area contributed by atoms with Crippen LogP contribution < -0.4 is 5.73 Å². The second-order valence-corrected chi connectivity index (χ2v) is 5.26. The van der Waals surface area contributed by atoms with E-state index in [1.807, 2.05) is 0 Å². The predicted octanol–water partition coefficient (Wildman–Crippen LogP) is 0.636. The van der Waals surface area contributed by atoms with Crippen LogP contribution >= 0.6 is 0 Å². The molecule has 1 fully saturated rings. The molecule has 1 aliphatic carbocycles. The van der Waals surface area contributed by atoms with Crippen molar-refractivity contribution >= 4 is 0 Å². The van der Waals surface area contributed by atoms with Gasteiger partial charge in [0.05, 0.1) is 6.10 Å². The Kier molecular flexibility index (Phi) is 2.72. The van der Waals surface area contributed by atoms with Gasteiger partial charge in [-0.1, -0.05) is 13.8 Å². The molecule has 1 aliphatic rings. The third-order valence-electron chi connectivity index (χ3n) is 3.30. The Morgan fingerprint density at radius 3 is 2.38 bits per heavy atom. The first-order valence-electron chi connectivity index (χ1n) is 4.92. The van der Waals surface area contributed by atoms with Crippen LogP contribution in [0.15, 0.2) is 0 Å². The van der Waals surface area contributed by atoms with Crippen molar-refractivity contribution in [3.63, 3.8) is 0 Å². The number of nitrogens with two attached hydrogens (primary N) is 1. The minimum atomic E-state index is -1.13. The second-order valence-electron chi connectivity index (χ2n) is 5.26. The maximum absolute atomic E-state index is 9.95. The van der Waals surface area contributed by atoms with Gasteiger partial charge in [0.1, 0.15) is 5.60 Å². The van der Waals surface area contributed by atoms with Crippen molar-refractivity contribution in [2.24, 2.45) is 11.1 Å². The van der Waals surface area contributed by atoms with Crippen LogP contribution in [0.3, 0.4) is 0 Å². The van der Waals surface area contributed by atoms with E-state index in [2.05, 4.69) is 13.8 Å². The zero-order valence-electron chi connectivity index (χ0n) is 8.75. The van der Waals surface area contributed by atoms with Crippen molar-refractivity contribution in [1.29, 1.82) is 0 Å². The van der Waals surface area contributed by atoms with Crippen molar-refractivity contribution in [2.75, 3.05) is 0 Å². The lowest BCUT2D eigenvalue weighted by Crippen LogP contribution is -2.53. The molecule has 0 aromatic carbocycles. The highest BCUT2D eigenvalue weighted by molar-refractivity contribution is 4.97. The molecule has 0 saturated heterocycles. The topological polar surface area (TPSA) is 66.5 Å². The van der Waals surface area contributed by atoms with E-state index < -0.39 is 11.7 Å². The summed E-state index contributed by atoms with van der Waals surface area (Å²) < 4.78 is 0. The minimum absolute atomic E-state index is 0.0809. The van der Waals surface area contributed by atoms with E-state index in [0.29, 0.717) is 6.42 Å². The average molecular weight is 187 g/mol. The Morgan fingerprint density at radius 1 is 1.31 bits per heavy atom. The van der Waals surface area contributed by atoms with E-state index >= 15 is 0 Å². The monoisotopic (exact) mass is 187 g/mol. The summed E-state index contributed by atoms with van der Waals surface area (Å²) in [6.45, 7) is 5.83. The van der Waals surface area contributed by atoms with Crippen molar-refractivity contribution in [3.05, 3.63) is 0 Å². The molecular formula is C10H21NO2. The standard InChI is InChI=1S/C10H21NO2/c1-9(2)5-4-7(11)10(3,13)8(12)6-9/h7-8,12-13H,4-6,11H2,1-3H3/t7-,8-,10+/m0/s1. The van der Waals surface area contributed by atoms with Crippen LogP contribution in [0.4, 0.5) is 0 Å². The molecule has 13 heavy (non-hydrogen) atoms. The number of hydrogen-bond acceptors (Lipinski definition) is 3. The number of aliphatic hydroxyl groups excluding tert-OH is 1. The molecule has 1 saturated carbocycles. The van der Waals surface area contributed by atoms with Gasteiger partial charge in [-0.25, -0.2) is 0 Å². The summed E-state index contributed by atoms with van der Waals surface area (Å²) in [6, 6.07) is -0.315. The molecule has 0 bridgehead atoms. The molecule has 0 spiro atoms. The van der Waals surface area contributed by atoms with Gasteiger partial charge in [-0.2, -0.15) is 0 Å². The predicted molar refractivity (Wildman–Crippen MR) is 52.2 cm³/mol. The number of aliphatic hydroxyl groups is 2. The molecule has 0 aromatic heterocycles. The van der Waals surface area contributed by atoms with Crippen LogP contribution in [0.5, 0.6) is 0 Å². The lowest BCUT2D eigenvalue weighted by Gasteiger charge is -2.33. The fourth-order valence-corrected chi connectivity index (χ4v) is 1.92. The van der Waals surface area contributed by atoms with Gasteiger partial charge in [0.15, 0.2) is 0 Å². The SMILES string of the molecule is CC1(C)CC[C@H](N)[C@@](C)(O)[C@@H](O)C1. The Balaban J connectivity index is 2.82. The average Bonchev–Trinajstić information content (AvgIpc) is 2.03. The van der Waals surface area contributed by atoms with Crippen molar-refractivity contribution in [2.45, 2.75) is 57.8 Å². The summed E-state index contributed by atoms with van der Waals surface area (Å²) >= 11 is 0. The maximum atomic E-state index is 9.95. The first-order chi connectivity index (χ1) is 5.76. The first kappa shape index (κ1) is 11.0.